The summed E-state index contributed by atoms with van der Waals surface area (Å²) in [6, 6.07) is 10.9. The fraction of sp³-hybridized carbons (Fsp3) is 0.111. The predicted octanol–water partition coefficient (Wildman–Crippen LogP) is 3.02. The van der Waals surface area contributed by atoms with Gasteiger partial charge in [0.15, 0.2) is 0 Å². The zero-order valence-corrected chi connectivity index (χ0v) is 13.0. The number of carbonyl (C=O) groups is 2. The molecule has 5 nitrogen and oxygen atoms in total. The molecule has 0 atom stereocenters. The molecule has 0 saturated carbocycles. The molecule has 0 fully saturated rings. The van der Waals surface area contributed by atoms with E-state index < -0.39 is 29.3 Å². The molecule has 0 aliphatic heterocycles. The number of aliphatic hydroxyl groups is 1. The second-order valence-corrected chi connectivity index (χ2v) is 5.28. The van der Waals surface area contributed by atoms with Gasteiger partial charge in [-0.25, -0.2) is 13.6 Å². The number of benzene rings is 2. The Hall–Kier alpha value is -3.22. The fourth-order valence-electron chi connectivity index (χ4n) is 2.10. The van der Waals surface area contributed by atoms with E-state index in [0.717, 1.165) is 0 Å². The second-order valence-electron chi connectivity index (χ2n) is 5.28. The molecule has 0 aromatic heterocycles. The van der Waals surface area contributed by atoms with E-state index in [0.29, 0.717) is 17.2 Å². The number of nitrogens with zero attached hydrogens (tertiary/aromatic N) is 1. The summed E-state index contributed by atoms with van der Waals surface area (Å²) in [4.78, 5) is 24.2. The normalized spacial score (nSPS) is 11.2. The van der Waals surface area contributed by atoms with E-state index in [1.165, 1.54) is 53.4 Å². The van der Waals surface area contributed by atoms with Gasteiger partial charge in [-0.2, -0.15) is 0 Å². The Bertz CT molecular complexity index is 738. The van der Waals surface area contributed by atoms with Crippen LogP contribution in [0.25, 0.3) is 0 Å². The molecule has 1 amide bonds. The van der Waals surface area contributed by atoms with E-state index in [4.69, 9.17) is 5.11 Å². The molecule has 0 bridgehead atoms. The standard InChI is InChI=1S/C18H15F2NO4/c19-14-5-1-12(2-6-14)10-21(17(23)9-16(22)18(24)25)11-13-3-7-15(20)8-4-13/h1-9,22H,10-11H2,(H,24,25)/b16-9-. The van der Waals surface area contributed by atoms with Gasteiger partial charge in [0.2, 0.25) is 5.76 Å². The van der Waals surface area contributed by atoms with E-state index in [1.54, 1.807) is 0 Å². The number of hydrogen-bond acceptors (Lipinski definition) is 3. The molecule has 2 rings (SSSR count). The highest BCUT2D eigenvalue weighted by Crippen LogP contribution is 2.13. The predicted molar refractivity (Wildman–Crippen MR) is 85.4 cm³/mol. The molecule has 0 unspecified atom stereocenters. The van der Waals surface area contributed by atoms with Gasteiger partial charge < -0.3 is 15.1 Å². The van der Waals surface area contributed by atoms with Crippen LogP contribution in [0.4, 0.5) is 8.78 Å². The van der Waals surface area contributed by atoms with Crippen molar-refractivity contribution in [2.75, 3.05) is 0 Å². The third-order valence-corrected chi connectivity index (χ3v) is 3.36. The molecular weight excluding hydrogens is 332 g/mol. The number of halogens is 2. The average molecular weight is 347 g/mol. The second kappa shape index (κ2) is 8.05. The Kier molecular flexibility index (Phi) is 5.84. The SMILES string of the molecule is O=C(O)/C(O)=C/C(=O)N(Cc1ccc(F)cc1)Cc1ccc(F)cc1. The van der Waals surface area contributed by atoms with Crippen molar-refractivity contribution < 1.29 is 28.6 Å². The lowest BCUT2D eigenvalue weighted by molar-refractivity contribution is -0.136. The maximum Gasteiger partial charge on any atom is 0.371 e. The van der Waals surface area contributed by atoms with Crippen molar-refractivity contribution in [3.8, 4) is 0 Å². The Morgan fingerprint density at radius 2 is 1.24 bits per heavy atom. The molecule has 0 spiro atoms. The molecular formula is C18H15F2NO4. The Morgan fingerprint density at radius 3 is 1.60 bits per heavy atom. The summed E-state index contributed by atoms with van der Waals surface area (Å²) in [5.74, 6) is -4.31. The van der Waals surface area contributed by atoms with Gasteiger partial charge in [0.05, 0.1) is 6.08 Å². The number of carboxylic acids is 1. The van der Waals surface area contributed by atoms with Gasteiger partial charge in [-0.15, -0.1) is 0 Å². The Balaban J connectivity index is 2.24. The highest BCUT2D eigenvalue weighted by molar-refractivity contribution is 5.96. The van der Waals surface area contributed by atoms with Gasteiger partial charge in [0.1, 0.15) is 11.6 Å². The van der Waals surface area contributed by atoms with E-state index >= 15 is 0 Å². The molecule has 0 aliphatic carbocycles. The first kappa shape index (κ1) is 18.1. The summed E-state index contributed by atoms with van der Waals surface area (Å²) >= 11 is 0. The maximum absolute atomic E-state index is 13.0. The summed E-state index contributed by atoms with van der Waals surface area (Å²) in [5, 5.41) is 17.9. The number of rotatable bonds is 6. The van der Waals surface area contributed by atoms with Crippen LogP contribution >= 0.6 is 0 Å². The molecule has 0 saturated heterocycles. The molecule has 7 heteroatoms. The summed E-state index contributed by atoms with van der Waals surface area (Å²) < 4.78 is 26.0. The van der Waals surface area contributed by atoms with Gasteiger partial charge >= 0.3 is 5.97 Å². The molecule has 0 aliphatic rings. The van der Waals surface area contributed by atoms with Crippen LogP contribution < -0.4 is 0 Å². The Morgan fingerprint density at radius 1 is 0.840 bits per heavy atom. The number of aliphatic carboxylic acids is 1. The minimum absolute atomic E-state index is 0.0554. The summed E-state index contributed by atoms with van der Waals surface area (Å²) in [6.07, 6.45) is 0.593. The number of aliphatic hydroxyl groups excluding tert-OH is 1. The van der Waals surface area contributed by atoms with Gasteiger partial charge in [-0.05, 0) is 35.4 Å². The van der Waals surface area contributed by atoms with Gasteiger partial charge in [0.25, 0.3) is 5.91 Å². The van der Waals surface area contributed by atoms with Crippen molar-refractivity contribution in [1.29, 1.82) is 0 Å². The molecule has 0 heterocycles. The van der Waals surface area contributed by atoms with Gasteiger partial charge in [-0.1, -0.05) is 24.3 Å². The van der Waals surface area contributed by atoms with Crippen LogP contribution in [0.15, 0.2) is 60.4 Å². The van der Waals surface area contributed by atoms with Crippen LogP contribution in [-0.2, 0) is 22.7 Å². The van der Waals surface area contributed by atoms with E-state index in [-0.39, 0.29) is 13.1 Å². The summed E-state index contributed by atoms with van der Waals surface area (Å²) in [7, 11) is 0. The Labute approximate surface area is 142 Å². The van der Waals surface area contributed by atoms with Crippen molar-refractivity contribution >= 4 is 11.9 Å². The van der Waals surface area contributed by atoms with Crippen LogP contribution in [0.2, 0.25) is 0 Å². The number of hydrogen-bond donors (Lipinski definition) is 2. The van der Waals surface area contributed by atoms with Crippen molar-refractivity contribution in [1.82, 2.24) is 4.90 Å². The zero-order chi connectivity index (χ0) is 18.4. The fourth-order valence-corrected chi connectivity index (χ4v) is 2.10. The third kappa shape index (κ3) is 5.42. The smallest absolute Gasteiger partial charge is 0.371 e. The van der Waals surface area contributed by atoms with Gasteiger partial charge in [-0.3, -0.25) is 4.79 Å². The minimum Gasteiger partial charge on any atom is -0.502 e. The van der Waals surface area contributed by atoms with Crippen molar-refractivity contribution in [3.63, 3.8) is 0 Å². The van der Waals surface area contributed by atoms with Gasteiger partial charge in [0, 0.05) is 13.1 Å². The molecule has 2 N–H and O–H groups in total. The van der Waals surface area contributed by atoms with Crippen LogP contribution in [0.3, 0.4) is 0 Å². The van der Waals surface area contributed by atoms with Crippen LogP contribution in [-0.4, -0.2) is 27.0 Å². The first-order valence-electron chi connectivity index (χ1n) is 7.27. The van der Waals surface area contributed by atoms with Crippen LogP contribution in [0, 0.1) is 11.6 Å². The van der Waals surface area contributed by atoms with Crippen molar-refractivity contribution in [3.05, 3.63) is 83.1 Å². The van der Waals surface area contributed by atoms with E-state index in [9.17, 15) is 23.5 Å². The number of carbonyl (C=O) groups excluding carboxylic acids is 1. The van der Waals surface area contributed by atoms with E-state index in [1.807, 2.05) is 0 Å². The summed E-state index contributed by atoms with van der Waals surface area (Å²) in [6.45, 7) is 0.111. The highest BCUT2D eigenvalue weighted by atomic mass is 19.1. The monoisotopic (exact) mass is 347 g/mol. The average Bonchev–Trinajstić information content (AvgIpc) is 2.58. The molecule has 2 aromatic carbocycles. The summed E-state index contributed by atoms with van der Waals surface area (Å²) in [5.41, 5.74) is 1.22. The molecule has 130 valence electrons. The number of amides is 1. The lowest BCUT2D eigenvalue weighted by atomic mass is 10.1. The van der Waals surface area contributed by atoms with Crippen LogP contribution in [0.5, 0.6) is 0 Å². The lowest BCUT2D eigenvalue weighted by Gasteiger charge is -2.21. The maximum atomic E-state index is 13.0. The number of carboxylic acid groups (broad SMARTS) is 1. The largest absolute Gasteiger partial charge is 0.502 e. The lowest BCUT2D eigenvalue weighted by Crippen LogP contribution is -2.29. The minimum atomic E-state index is -1.63. The van der Waals surface area contributed by atoms with E-state index in [2.05, 4.69) is 0 Å². The van der Waals surface area contributed by atoms with Crippen LogP contribution in [0.1, 0.15) is 11.1 Å². The first-order valence-corrected chi connectivity index (χ1v) is 7.27. The molecule has 25 heavy (non-hydrogen) atoms. The first-order chi connectivity index (χ1) is 11.8. The third-order valence-electron chi connectivity index (χ3n) is 3.36. The van der Waals surface area contributed by atoms with Crippen molar-refractivity contribution in [2.24, 2.45) is 0 Å². The zero-order valence-electron chi connectivity index (χ0n) is 13.0. The molecule has 2 aromatic rings. The van der Waals surface area contributed by atoms with Crippen molar-refractivity contribution in [2.45, 2.75) is 13.1 Å². The highest BCUT2D eigenvalue weighted by Gasteiger charge is 2.16. The molecule has 0 radical (unpaired) electrons. The topological polar surface area (TPSA) is 77.8 Å². The quantitative estimate of drug-likeness (QED) is 0.622.